The molecule has 2 heterocycles. The van der Waals surface area contributed by atoms with Crippen LogP contribution in [-0.2, 0) is 0 Å². The van der Waals surface area contributed by atoms with Crippen LogP contribution in [0.15, 0.2) is 23.0 Å². The van der Waals surface area contributed by atoms with Crippen molar-refractivity contribution in [1.29, 1.82) is 0 Å². The van der Waals surface area contributed by atoms with E-state index in [1.807, 2.05) is 6.07 Å². The molecule has 90 valence electrons. The normalized spacial score (nSPS) is 20.9. The number of piperidine rings is 1. The lowest BCUT2D eigenvalue weighted by Crippen LogP contribution is -2.52. The van der Waals surface area contributed by atoms with Crippen molar-refractivity contribution in [1.82, 2.24) is 4.90 Å². The molecule has 16 heavy (non-hydrogen) atoms. The van der Waals surface area contributed by atoms with Crippen LogP contribution in [0.25, 0.3) is 0 Å². The second-order valence-electron chi connectivity index (χ2n) is 5.24. The lowest BCUT2D eigenvalue weighted by Gasteiger charge is -2.44. The Hall–Kier alpha value is -0.800. The van der Waals surface area contributed by atoms with Gasteiger partial charge in [-0.15, -0.1) is 0 Å². The van der Waals surface area contributed by atoms with Crippen molar-refractivity contribution >= 4 is 0 Å². The molecule has 1 saturated heterocycles. The Morgan fingerprint density at radius 2 is 2.00 bits per heavy atom. The summed E-state index contributed by atoms with van der Waals surface area (Å²) in [5.41, 5.74) is 7.44. The van der Waals surface area contributed by atoms with Crippen LogP contribution >= 0.6 is 0 Å². The average molecular weight is 222 g/mol. The van der Waals surface area contributed by atoms with Gasteiger partial charge < -0.3 is 10.2 Å². The Morgan fingerprint density at radius 1 is 1.31 bits per heavy atom. The first-order valence-corrected chi connectivity index (χ1v) is 6.15. The van der Waals surface area contributed by atoms with E-state index in [1.165, 1.54) is 32.4 Å². The minimum Gasteiger partial charge on any atom is -0.472 e. The second-order valence-corrected chi connectivity index (χ2v) is 5.24. The molecule has 3 heteroatoms. The van der Waals surface area contributed by atoms with E-state index >= 15 is 0 Å². The van der Waals surface area contributed by atoms with Crippen LogP contribution in [0.4, 0.5) is 0 Å². The fraction of sp³-hybridized carbons (Fsp3) is 0.692. The molecule has 3 nitrogen and oxygen atoms in total. The van der Waals surface area contributed by atoms with Crippen LogP contribution in [0.3, 0.4) is 0 Å². The standard InChI is InChI=1S/C13H22N2O/c1-13(2,15-7-4-3-5-8-15)12(14)11-6-9-16-10-11/h6,9-10,12H,3-5,7-8,14H2,1-2H3. The number of hydrogen-bond acceptors (Lipinski definition) is 3. The Labute approximate surface area is 97.6 Å². The maximum Gasteiger partial charge on any atom is 0.0951 e. The van der Waals surface area contributed by atoms with Crippen LogP contribution in [0, 0.1) is 0 Å². The summed E-state index contributed by atoms with van der Waals surface area (Å²) in [5.74, 6) is 0. The summed E-state index contributed by atoms with van der Waals surface area (Å²) in [6.45, 7) is 6.79. The Balaban J connectivity index is 2.10. The monoisotopic (exact) mass is 222 g/mol. The van der Waals surface area contributed by atoms with Crippen molar-refractivity contribution in [3.8, 4) is 0 Å². The molecule has 1 unspecified atom stereocenters. The topological polar surface area (TPSA) is 42.4 Å². The first kappa shape index (κ1) is 11.7. The zero-order valence-corrected chi connectivity index (χ0v) is 10.3. The van der Waals surface area contributed by atoms with Crippen molar-refractivity contribution in [3.63, 3.8) is 0 Å². The third-order valence-corrected chi connectivity index (χ3v) is 3.83. The molecule has 2 N–H and O–H groups in total. The molecule has 0 amide bonds. The van der Waals surface area contributed by atoms with Crippen molar-refractivity contribution in [2.24, 2.45) is 5.73 Å². The summed E-state index contributed by atoms with van der Waals surface area (Å²) in [5, 5.41) is 0. The van der Waals surface area contributed by atoms with E-state index in [0.717, 1.165) is 5.56 Å². The number of furan rings is 1. The van der Waals surface area contributed by atoms with Crippen molar-refractivity contribution in [3.05, 3.63) is 24.2 Å². The number of rotatable bonds is 3. The lowest BCUT2D eigenvalue weighted by molar-refractivity contribution is 0.0728. The van der Waals surface area contributed by atoms with Gasteiger partial charge in [0.15, 0.2) is 0 Å². The molecule has 0 bridgehead atoms. The van der Waals surface area contributed by atoms with Crippen LogP contribution in [0.5, 0.6) is 0 Å². The van der Waals surface area contributed by atoms with Gasteiger partial charge in [-0.3, -0.25) is 4.90 Å². The molecule has 0 spiro atoms. The van der Waals surface area contributed by atoms with E-state index in [0.29, 0.717) is 0 Å². The Kier molecular flexibility index (Phi) is 3.36. The Bertz CT molecular complexity index is 313. The van der Waals surface area contributed by atoms with E-state index in [9.17, 15) is 0 Å². The quantitative estimate of drug-likeness (QED) is 0.854. The summed E-state index contributed by atoms with van der Waals surface area (Å²) in [6.07, 6.45) is 7.40. The first-order chi connectivity index (χ1) is 7.62. The van der Waals surface area contributed by atoms with Gasteiger partial charge in [0.1, 0.15) is 0 Å². The second kappa shape index (κ2) is 4.60. The highest BCUT2D eigenvalue weighted by molar-refractivity contribution is 5.16. The summed E-state index contributed by atoms with van der Waals surface area (Å²) in [7, 11) is 0. The van der Waals surface area contributed by atoms with Gasteiger partial charge in [0.25, 0.3) is 0 Å². The van der Waals surface area contributed by atoms with Gasteiger partial charge in [-0.1, -0.05) is 6.42 Å². The molecule has 1 atom stereocenters. The number of nitrogens with zero attached hydrogens (tertiary/aromatic N) is 1. The van der Waals surface area contributed by atoms with Crippen LogP contribution < -0.4 is 5.73 Å². The van der Waals surface area contributed by atoms with E-state index in [-0.39, 0.29) is 11.6 Å². The highest BCUT2D eigenvalue weighted by atomic mass is 16.3. The molecular weight excluding hydrogens is 200 g/mol. The lowest BCUT2D eigenvalue weighted by atomic mass is 9.87. The predicted octanol–water partition coefficient (Wildman–Crippen LogP) is 2.54. The minimum atomic E-state index is 0.00426. The molecule has 1 aliphatic rings. The van der Waals surface area contributed by atoms with Gasteiger partial charge in [-0.2, -0.15) is 0 Å². The minimum absolute atomic E-state index is 0.00426. The van der Waals surface area contributed by atoms with Crippen molar-refractivity contribution < 1.29 is 4.42 Å². The van der Waals surface area contributed by atoms with E-state index < -0.39 is 0 Å². The smallest absolute Gasteiger partial charge is 0.0951 e. The van der Waals surface area contributed by atoms with Gasteiger partial charge in [-0.25, -0.2) is 0 Å². The van der Waals surface area contributed by atoms with Crippen LogP contribution in [0.2, 0.25) is 0 Å². The molecule has 0 aliphatic carbocycles. The average Bonchev–Trinajstić information content (AvgIpc) is 2.82. The molecule has 0 radical (unpaired) electrons. The number of likely N-dealkylation sites (tertiary alicyclic amines) is 1. The third kappa shape index (κ3) is 2.15. The van der Waals surface area contributed by atoms with Gasteiger partial charge in [0.2, 0.25) is 0 Å². The van der Waals surface area contributed by atoms with Crippen LogP contribution in [-0.4, -0.2) is 23.5 Å². The van der Waals surface area contributed by atoms with E-state index in [1.54, 1.807) is 12.5 Å². The third-order valence-electron chi connectivity index (χ3n) is 3.83. The maximum absolute atomic E-state index is 6.35. The summed E-state index contributed by atoms with van der Waals surface area (Å²) < 4.78 is 5.12. The predicted molar refractivity (Wildman–Crippen MR) is 65.1 cm³/mol. The molecule has 1 fully saturated rings. The van der Waals surface area contributed by atoms with Gasteiger partial charge in [0, 0.05) is 11.1 Å². The van der Waals surface area contributed by atoms with E-state index in [2.05, 4.69) is 18.7 Å². The molecule has 1 aromatic rings. The molecule has 0 aromatic carbocycles. The molecule has 0 saturated carbocycles. The molecule has 2 rings (SSSR count). The fourth-order valence-corrected chi connectivity index (χ4v) is 2.53. The highest BCUT2D eigenvalue weighted by Gasteiger charge is 2.34. The van der Waals surface area contributed by atoms with E-state index in [4.69, 9.17) is 10.2 Å². The summed E-state index contributed by atoms with van der Waals surface area (Å²) in [6, 6.07) is 1.99. The first-order valence-electron chi connectivity index (χ1n) is 6.15. The number of hydrogen-bond donors (Lipinski definition) is 1. The van der Waals surface area contributed by atoms with Crippen molar-refractivity contribution in [2.75, 3.05) is 13.1 Å². The van der Waals surface area contributed by atoms with Gasteiger partial charge in [-0.05, 0) is 45.8 Å². The number of nitrogens with two attached hydrogens (primary N) is 1. The summed E-state index contributed by atoms with van der Waals surface area (Å²) in [4.78, 5) is 2.51. The van der Waals surface area contributed by atoms with Crippen LogP contribution in [0.1, 0.15) is 44.7 Å². The molecular formula is C13H22N2O. The zero-order valence-electron chi connectivity index (χ0n) is 10.3. The zero-order chi connectivity index (χ0) is 11.6. The maximum atomic E-state index is 6.35. The van der Waals surface area contributed by atoms with Gasteiger partial charge in [0.05, 0.1) is 18.6 Å². The van der Waals surface area contributed by atoms with Gasteiger partial charge >= 0.3 is 0 Å². The molecule has 1 aromatic heterocycles. The SMILES string of the molecule is CC(C)(C(N)c1ccoc1)N1CCCCC1. The molecule has 1 aliphatic heterocycles. The fourth-order valence-electron chi connectivity index (χ4n) is 2.53. The largest absolute Gasteiger partial charge is 0.472 e. The van der Waals surface area contributed by atoms with Crippen molar-refractivity contribution in [2.45, 2.75) is 44.7 Å². The summed E-state index contributed by atoms with van der Waals surface area (Å²) >= 11 is 0. The Morgan fingerprint density at radius 3 is 2.56 bits per heavy atom. The highest BCUT2D eigenvalue weighted by Crippen LogP contribution is 2.31.